The minimum absolute atomic E-state index is 0.182. The van der Waals surface area contributed by atoms with Crippen molar-refractivity contribution in [2.24, 2.45) is 0 Å². The van der Waals surface area contributed by atoms with Crippen LogP contribution in [-0.4, -0.2) is 16.0 Å². The summed E-state index contributed by atoms with van der Waals surface area (Å²) in [6.07, 6.45) is 2.92. The van der Waals surface area contributed by atoms with Crippen LogP contribution in [0.5, 0.6) is 0 Å². The molecular weight excluding hydrogens is 228 g/mol. The van der Waals surface area contributed by atoms with E-state index in [0.717, 1.165) is 10.9 Å². The Bertz CT molecular complexity index is 717. The number of fused-ring (bicyclic) bond motifs is 1. The third-order valence-corrected chi connectivity index (χ3v) is 2.74. The van der Waals surface area contributed by atoms with Crippen LogP contribution in [0, 0.1) is 6.92 Å². The molecule has 18 heavy (non-hydrogen) atoms. The number of rotatable bonds is 2. The van der Waals surface area contributed by atoms with Gasteiger partial charge in [0.05, 0.1) is 12.4 Å². The summed E-state index contributed by atoms with van der Waals surface area (Å²) >= 11 is 0. The van der Waals surface area contributed by atoms with Gasteiger partial charge in [0.15, 0.2) is 5.76 Å². The molecule has 0 atom stereocenters. The molecule has 0 unspecified atom stereocenters. The summed E-state index contributed by atoms with van der Waals surface area (Å²) in [5.74, 6) is 0.141. The van der Waals surface area contributed by atoms with Crippen molar-refractivity contribution in [3.63, 3.8) is 0 Å². The first-order valence-corrected chi connectivity index (χ1v) is 5.55. The van der Waals surface area contributed by atoms with Gasteiger partial charge in [-0.3, -0.25) is 4.79 Å². The highest BCUT2D eigenvalue weighted by Gasteiger charge is 2.14. The zero-order valence-electron chi connectivity index (χ0n) is 9.75. The van der Waals surface area contributed by atoms with E-state index in [-0.39, 0.29) is 5.78 Å². The molecule has 0 aliphatic carbocycles. The predicted octanol–water partition coefficient (Wildman–Crippen LogP) is 2.76. The summed E-state index contributed by atoms with van der Waals surface area (Å²) in [5.41, 5.74) is 2.32. The summed E-state index contributed by atoms with van der Waals surface area (Å²) < 4.78 is 5.54. The summed E-state index contributed by atoms with van der Waals surface area (Å²) in [6, 6.07) is 9.18. The van der Waals surface area contributed by atoms with Crippen molar-refractivity contribution in [1.29, 1.82) is 0 Å². The van der Waals surface area contributed by atoms with E-state index < -0.39 is 0 Å². The van der Waals surface area contributed by atoms with E-state index in [1.54, 1.807) is 12.1 Å². The molecule has 0 fully saturated rings. The zero-order valence-corrected chi connectivity index (χ0v) is 9.75. The monoisotopic (exact) mass is 238 g/mol. The third kappa shape index (κ3) is 1.78. The second-order valence-electron chi connectivity index (χ2n) is 4.11. The van der Waals surface area contributed by atoms with Gasteiger partial charge < -0.3 is 4.42 Å². The van der Waals surface area contributed by atoms with Gasteiger partial charge in [-0.15, -0.1) is 0 Å². The molecule has 88 valence electrons. The highest BCUT2D eigenvalue weighted by molar-refractivity contribution is 6.08. The number of aryl methyl sites for hydroxylation is 1. The van der Waals surface area contributed by atoms with Crippen LogP contribution >= 0.6 is 0 Å². The van der Waals surface area contributed by atoms with Gasteiger partial charge in [-0.2, -0.15) is 10.2 Å². The van der Waals surface area contributed by atoms with E-state index in [1.807, 2.05) is 25.1 Å². The zero-order chi connectivity index (χ0) is 12.5. The molecule has 4 heteroatoms. The maximum Gasteiger partial charge on any atom is 0.229 e. The molecule has 0 spiro atoms. The average molecular weight is 238 g/mol. The van der Waals surface area contributed by atoms with E-state index in [9.17, 15) is 4.79 Å². The fraction of sp³-hybridized carbons (Fsp3) is 0.0714. The molecule has 1 aromatic carbocycles. The Hall–Kier alpha value is -2.49. The van der Waals surface area contributed by atoms with E-state index in [2.05, 4.69) is 10.2 Å². The fourth-order valence-corrected chi connectivity index (χ4v) is 1.84. The van der Waals surface area contributed by atoms with Gasteiger partial charge in [0.2, 0.25) is 5.78 Å². The quantitative estimate of drug-likeness (QED) is 0.644. The molecule has 0 amide bonds. The molecule has 2 heterocycles. The first-order chi connectivity index (χ1) is 8.74. The lowest BCUT2D eigenvalue weighted by atomic mass is 10.1. The topological polar surface area (TPSA) is 56.0 Å². The van der Waals surface area contributed by atoms with Crippen LogP contribution in [0.15, 0.2) is 47.1 Å². The molecule has 0 bridgehead atoms. The summed E-state index contributed by atoms with van der Waals surface area (Å²) in [7, 11) is 0. The first kappa shape index (κ1) is 10.7. The van der Waals surface area contributed by atoms with E-state index in [1.165, 1.54) is 12.4 Å². The molecular formula is C14H10N2O2. The number of aromatic nitrogens is 2. The molecule has 0 saturated carbocycles. The second kappa shape index (κ2) is 4.07. The lowest BCUT2D eigenvalue weighted by Gasteiger charge is -1.94. The Morgan fingerprint density at radius 1 is 1.17 bits per heavy atom. The maximum absolute atomic E-state index is 12.1. The Morgan fingerprint density at radius 2 is 2.06 bits per heavy atom. The van der Waals surface area contributed by atoms with Gasteiger partial charge in [0.1, 0.15) is 5.58 Å². The fourth-order valence-electron chi connectivity index (χ4n) is 1.84. The van der Waals surface area contributed by atoms with E-state index >= 15 is 0 Å². The standard InChI is InChI=1S/C14H10N2O2/c1-9-2-3-12-11(6-9)7-13(18-12)14(17)10-4-5-15-16-8-10/h2-8H,1H3. The number of carbonyl (C=O) groups is 1. The predicted molar refractivity (Wildman–Crippen MR) is 66.4 cm³/mol. The van der Waals surface area contributed by atoms with Gasteiger partial charge in [-0.25, -0.2) is 0 Å². The summed E-state index contributed by atoms with van der Waals surface area (Å²) in [4.78, 5) is 12.1. The van der Waals surface area contributed by atoms with Gasteiger partial charge in [-0.1, -0.05) is 11.6 Å². The van der Waals surface area contributed by atoms with E-state index in [0.29, 0.717) is 16.9 Å². The van der Waals surface area contributed by atoms with Crippen LogP contribution < -0.4 is 0 Å². The molecule has 0 aliphatic rings. The molecule has 2 aromatic heterocycles. The highest BCUT2D eigenvalue weighted by Crippen LogP contribution is 2.22. The van der Waals surface area contributed by atoms with Gasteiger partial charge >= 0.3 is 0 Å². The van der Waals surface area contributed by atoms with Gasteiger partial charge in [0.25, 0.3) is 0 Å². The molecule has 0 aliphatic heterocycles. The number of nitrogens with zero attached hydrogens (tertiary/aromatic N) is 2. The number of hydrogen-bond acceptors (Lipinski definition) is 4. The average Bonchev–Trinajstić information content (AvgIpc) is 2.81. The minimum Gasteiger partial charge on any atom is -0.453 e. The van der Waals surface area contributed by atoms with Crippen molar-refractivity contribution < 1.29 is 9.21 Å². The number of carbonyl (C=O) groups excluding carboxylic acids is 1. The van der Waals surface area contributed by atoms with Crippen molar-refractivity contribution in [1.82, 2.24) is 10.2 Å². The van der Waals surface area contributed by atoms with Crippen molar-refractivity contribution in [2.45, 2.75) is 6.92 Å². The maximum atomic E-state index is 12.1. The van der Waals surface area contributed by atoms with Crippen LogP contribution in [-0.2, 0) is 0 Å². The third-order valence-electron chi connectivity index (χ3n) is 2.74. The Balaban J connectivity index is 2.07. The lowest BCUT2D eigenvalue weighted by molar-refractivity contribution is 0.101. The van der Waals surface area contributed by atoms with Crippen LogP contribution in [0.4, 0.5) is 0 Å². The summed E-state index contributed by atoms with van der Waals surface area (Å²) in [5, 5.41) is 8.26. The molecule has 3 rings (SSSR count). The smallest absolute Gasteiger partial charge is 0.229 e. The van der Waals surface area contributed by atoms with Crippen LogP contribution in [0.1, 0.15) is 21.7 Å². The molecule has 0 N–H and O–H groups in total. The number of hydrogen-bond donors (Lipinski definition) is 0. The minimum atomic E-state index is -0.182. The van der Waals surface area contributed by atoms with Gasteiger partial charge in [0, 0.05) is 10.9 Å². The Kier molecular flexibility index (Phi) is 2.41. The molecule has 0 saturated heterocycles. The summed E-state index contributed by atoms with van der Waals surface area (Å²) in [6.45, 7) is 2.00. The molecule has 3 aromatic rings. The normalized spacial score (nSPS) is 10.7. The van der Waals surface area contributed by atoms with Gasteiger partial charge in [-0.05, 0) is 31.2 Å². The van der Waals surface area contributed by atoms with Crippen LogP contribution in [0.3, 0.4) is 0 Å². The highest BCUT2D eigenvalue weighted by atomic mass is 16.3. The van der Waals surface area contributed by atoms with Crippen molar-refractivity contribution in [3.8, 4) is 0 Å². The Morgan fingerprint density at radius 3 is 2.83 bits per heavy atom. The largest absolute Gasteiger partial charge is 0.453 e. The lowest BCUT2D eigenvalue weighted by Crippen LogP contribution is -2.00. The Labute approximate surface area is 103 Å². The van der Waals surface area contributed by atoms with Crippen molar-refractivity contribution >= 4 is 16.8 Å². The SMILES string of the molecule is Cc1ccc2oc(C(=O)c3ccnnc3)cc2c1. The molecule has 0 radical (unpaired) electrons. The van der Waals surface area contributed by atoms with E-state index in [4.69, 9.17) is 4.42 Å². The first-order valence-electron chi connectivity index (χ1n) is 5.55. The number of benzene rings is 1. The van der Waals surface area contributed by atoms with Crippen LogP contribution in [0.25, 0.3) is 11.0 Å². The van der Waals surface area contributed by atoms with Crippen LogP contribution in [0.2, 0.25) is 0 Å². The van der Waals surface area contributed by atoms with Crippen molar-refractivity contribution in [2.75, 3.05) is 0 Å². The number of ketones is 1. The second-order valence-corrected chi connectivity index (χ2v) is 4.11. The number of furan rings is 1. The van der Waals surface area contributed by atoms with Crippen molar-refractivity contribution in [3.05, 3.63) is 59.6 Å². The molecule has 4 nitrogen and oxygen atoms in total.